The van der Waals surface area contributed by atoms with Crippen LogP contribution in [0.1, 0.15) is 109 Å². The summed E-state index contributed by atoms with van der Waals surface area (Å²) in [5, 5.41) is 11.5. The van der Waals surface area contributed by atoms with Gasteiger partial charge in [-0.05, 0) is 0 Å². The van der Waals surface area contributed by atoms with E-state index >= 15 is 0 Å². The van der Waals surface area contributed by atoms with Crippen LogP contribution in [-0.2, 0) is 25.8 Å². The van der Waals surface area contributed by atoms with Crippen molar-refractivity contribution in [3.63, 3.8) is 0 Å². The van der Waals surface area contributed by atoms with Crippen molar-refractivity contribution in [2.45, 2.75) is 86.3 Å². The summed E-state index contributed by atoms with van der Waals surface area (Å²) in [6.07, 6.45) is 10.5. The number of benzene rings is 8. The van der Waals surface area contributed by atoms with Crippen molar-refractivity contribution in [1.29, 1.82) is 0 Å². The Balaban J connectivity index is 1.24. The third kappa shape index (κ3) is 8.86. The molecule has 8 aromatic carbocycles. The second kappa shape index (κ2) is 21.0. The molecule has 0 spiro atoms. The van der Waals surface area contributed by atoms with E-state index in [4.69, 9.17) is 0 Å². The van der Waals surface area contributed by atoms with Crippen molar-refractivity contribution in [2.75, 3.05) is 0 Å². The molecular formula is C64H62BCl2N2O2Zr. The molecule has 0 bridgehead atoms. The van der Waals surface area contributed by atoms with Crippen LogP contribution in [0.5, 0.6) is 0 Å². The first-order valence-electron chi connectivity index (χ1n) is 26.1. The number of nitrogens with one attached hydrogen (secondary N) is 2. The maximum absolute atomic E-state index is 14.1. The van der Waals surface area contributed by atoms with E-state index in [2.05, 4.69) is 206 Å². The third-order valence-electron chi connectivity index (χ3n) is 15.4. The van der Waals surface area contributed by atoms with Gasteiger partial charge in [0, 0.05) is 0 Å². The quantitative estimate of drug-likeness (QED) is 0.0893. The number of allylic oxidation sites excluding steroid dienone is 2. The van der Waals surface area contributed by atoms with Crippen molar-refractivity contribution < 1.29 is 25.8 Å². The van der Waals surface area contributed by atoms with Gasteiger partial charge in [0.1, 0.15) is 0 Å². The van der Waals surface area contributed by atoms with E-state index < -0.39 is 27.9 Å². The van der Waals surface area contributed by atoms with Gasteiger partial charge in [-0.3, -0.25) is 0 Å². The van der Waals surface area contributed by atoms with Gasteiger partial charge in [0.15, 0.2) is 0 Å². The fourth-order valence-corrected chi connectivity index (χ4v) is 32.8. The molecule has 4 nitrogen and oxygen atoms in total. The molecule has 361 valence electrons. The third-order valence-corrected chi connectivity index (χ3v) is 35.4. The molecule has 72 heavy (non-hydrogen) atoms. The molecule has 2 atom stereocenters. The molecule has 2 unspecified atom stereocenters. The van der Waals surface area contributed by atoms with Gasteiger partial charge in [-0.1, -0.05) is 0 Å². The van der Waals surface area contributed by atoms with Gasteiger partial charge in [0.05, 0.1) is 0 Å². The van der Waals surface area contributed by atoms with Crippen molar-refractivity contribution in [1.82, 2.24) is 10.5 Å². The molecule has 0 aliphatic heterocycles. The molecule has 0 saturated heterocycles. The number of amides is 2. The first-order chi connectivity index (χ1) is 35.1. The second-order valence-corrected chi connectivity index (χ2v) is 41.2. The fourth-order valence-electron chi connectivity index (χ4n) is 12.1. The number of halogens is 2. The summed E-state index contributed by atoms with van der Waals surface area (Å²) in [5.74, 6) is -0.411. The summed E-state index contributed by atoms with van der Waals surface area (Å²) < 4.78 is -1.93. The Bertz CT molecular complexity index is 3220. The van der Waals surface area contributed by atoms with E-state index in [1.807, 2.05) is 13.8 Å². The normalized spacial score (nSPS) is 15.6. The Kier molecular flexibility index (Phi) is 14.5. The van der Waals surface area contributed by atoms with E-state index in [1.165, 1.54) is 43.8 Å². The number of carbonyl (C=O) groups is 2. The number of rotatable bonds is 17. The topological polar surface area (TPSA) is 58.2 Å². The summed E-state index contributed by atoms with van der Waals surface area (Å²) >= 11 is -6.23. The van der Waals surface area contributed by atoms with Gasteiger partial charge in [-0.25, -0.2) is 0 Å². The molecule has 2 aliphatic carbocycles. The van der Waals surface area contributed by atoms with Crippen molar-refractivity contribution in [3.8, 4) is 44.5 Å². The maximum atomic E-state index is 14.1. The van der Waals surface area contributed by atoms with E-state index in [9.17, 15) is 26.6 Å². The molecule has 0 saturated carbocycles. The van der Waals surface area contributed by atoms with Gasteiger partial charge in [0.2, 0.25) is 0 Å². The number of fused-ring (bicyclic) bond motifs is 4. The molecule has 8 heteroatoms. The van der Waals surface area contributed by atoms with E-state index in [0.29, 0.717) is 0 Å². The predicted molar refractivity (Wildman–Crippen MR) is 304 cm³/mol. The molecule has 0 heterocycles. The zero-order chi connectivity index (χ0) is 50.0. The van der Waals surface area contributed by atoms with E-state index in [1.54, 1.807) is 0 Å². The standard InChI is InChI=1S/2C29H25.C6H11BN2O2.2ClH.Zr/c2*1-2-3-10-21-19-23-13-9-18-28(29(23)20-21)27-16-7-6-15-26(27)25-17-8-12-22-11-4-5-14-24(22)25;1-3-5(10)8-7-9-6(11)4-2;;;/h2*4-9,11-20H,2-3,10H2,1H3;3-4H2,1-2H3,(H-,8,9,10,11);2*1H;/q;;;;;+1/p-1. The van der Waals surface area contributed by atoms with Crippen LogP contribution < -0.4 is 10.5 Å². The van der Waals surface area contributed by atoms with Crippen LogP contribution in [0.2, 0.25) is 0 Å². The first kappa shape index (κ1) is 49.8. The molecule has 2 amide bonds. The average Bonchev–Trinajstić information content (AvgIpc) is 4.01. The number of hydrogen-bond acceptors (Lipinski definition) is 2. The average molecular weight is 1060 g/mol. The molecular weight excluding hydrogens is 1000 g/mol. The minimum atomic E-state index is -6.23. The number of carbonyl (C=O) groups excluding carboxylic acids is 2. The molecule has 0 fully saturated rings. The fraction of sp³-hybridized carbons (Fsp3) is 0.219. The Morgan fingerprint density at radius 1 is 0.444 bits per heavy atom. The Morgan fingerprint density at radius 2 is 0.778 bits per heavy atom. The first-order valence-corrected chi connectivity index (χ1v) is 36.7. The molecule has 0 radical (unpaired) electrons. The Hall–Kier alpha value is -5.77. The zero-order valence-corrected chi connectivity index (χ0v) is 45.8. The van der Waals surface area contributed by atoms with Crippen LogP contribution in [0.25, 0.3) is 78.2 Å². The zero-order valence-electron chi connectivity index (χ0n) is 41.8. The van der Waals surface area contributed by atoms with E-state index in [-0.39, 0.29) is 24.7 Å². The van der Waals surface area contributed by atoms with Crippen molar-refractivity contribution in [2.24, 2.45) is 0 Å². The molecule has 2 N–H and O–H groups in total. The van der Waals surface area contributed by atoms with Crippen LogP contribution in [0.15, 0.2) is 181 Å². The second-order valence-electron chi connectivity index (χ2n) is 19.8. The molecule has 10 rings (SSSR count). The van der Waals surface area contributed by atoms with Gasteiger partial charge in [-0.2, -0.15) is 0 Å². The molecule has 0 aromatic heterocycles. The number of unbranched alkanes of at least 4 members (excludes halogenated alkanes) is 2. The Morgan fingerprint density at radius 3 is 1.18 bits per heavy atom. The van der Waals surface area contributed by atoms with Crippen LogP contribution in [0.4, 0.5) is 0 Å². The summed E-state index contributed by atoms with van der Waals surface area (Å²) in [7, 11) is 18.4. The molecule has 8 aromatic rings. The van der Waals surface area contributed by atoms with Crippen LogP contribution in [0.3, 0.4) is 0 Å². The van der Waals surface area contributed by atoms with Crippen molar-refractivity contribution in [3.05, 3.63) is 203 Å². The monoisotopic (exact) mass is 1060 g/mol. The SMILES string of the molecule is CCCCC1=Cc2c(-c3ccccc3-c3cccc4ccccc34)cccc2[CH]1[Zr]([Cl])([Cl])([B](NC(=O)CC)NC(=O)CC)[CH]1C(CCCC)=Cc2c(-c3ccccc3-c3cccc4ccccc34)cccc21. The van der Waals surface area contributed by atoms with Gasteiger partial charge >= 0.3 is 437 Å². The van der Waals surface area contributed by atoms with Crippen LogP contribution in [0, 0.1) is 0 Å². The van der Waals surface area contributed by atoms with Crippen LogP contribution in [-0.4, -0.2) is 16.3 Å². The molecule has 2 aliphatic rings. The van der Waals surface area contributed by atoms with E-state index in [0.717, 1.165) is 94.2 Å². The minimum absolute atomic E-state index is 0.205. The summed E-state index contributed by atoms with van der Waals surface area (Å²) in [6.45, 7) is 8.13. The van der Waals surface area contributed by atoms with Gasteiger partial charge < -0.3 is 0 Å². The predicted octanol–water partition coefficient (Wildman–Crippen LogP) is 17.7. The summed E-state index contributed by atoms with van der Waals surface area (Å²) in [6, 6.07) is 60.8. The van der Waals surface area contributed by atoms with Gasteiger partial charge in [-0.15, -0.1) is 0 Å². The van der Waals surface area contributed by atoms with Crippen LogP contribution >= 0.6 is 17.0 Å². The summed E-state index contributed by atoms with van der Waals surface area (Å²) in [5.41, 5.74) is 15.7. The summed E-state index contributed by atoms with van der Waals surface area (Å²) in [4.78, 5) is 28.3. The van der Waals surface area contributed by atoms with Gasteiger partial charge in [0.25, 0.3) is 0 Å². The Labute approximate surface area is 434 Å². The van der Waals surface area contributed by atoms with Crippen molar-refractivity contribution >= 4 is 67.1 Å². The number of hydrogen-bond donors (Lipinski definition) is 2.